The fourth-order valence-corrected chi connectivity index (χ4v) is 0.618. The SMILES string of the molecule is C=CCC=S(N)(=O)O. The van der Waals surface area contributed by atoms with Crippen molar-refractivity contribution in [1.29, 1.82) is 0 Å². The molecular weight excluding hydrogens is 126 g/mol. The van der Waals surface area contributed by atoms with Gasteiger partial charge in [0.25, 0.3) is 0 Å². The largest absolute Gasteiger partial charge is 0.303 e. The molecule has 1 atom stereocenters. The third-order valence-corrected chi connectivity index (χ3v) is 1.17. The summed E-state index contributed by atoms with van der Waals surface area (Å²) in [6.07, 6.45) is 1.87. The Morgan fingerprint density at radius 2 is 2.38 bits per heavy atom. The maximum Gasteiger partial charge on any atom is 0.139 e. The monoisotopic (exact) mass is 135 g/mol. The summed E-state index contributed by atoms with van der Waals surface area (Å²) in [5, 5.41) is 5.81. The highest BCUT2D eigenvalue weighted by molar-refractivity contribution is 7.94. The molecule has 0 saturated heterocycles. The maximum atomic E-state index is 10.2. The second-order valence-electron chi connectivity index (χ2n) is 1.30. The topological polar surface area (TPSA) is 63.3 Å². The van der Waals surface area contributed by atoms with Crippen molar-refractivity contribution in [3.05, 3.63) is 12.7 Å². The summed E-state index contributed by atoms with van der Waals surface area (Å²) in [5.41, 5.74) is 0. The van der Waals surface area contributed by atoms with Crippen molar-refractivity contribution < 1.29 is 8.76 Å². The number of hydrogen-bond donors (Lipinski definition) is 2. The first kappa shape index (κ1) is 7.68. The van der Waals surface area contributed by atoms with Crippen molar-refractivity contribution in [1.82, 2.24) is 0 Å². The molecule has 0 saturated carbocycles. The van der Waals surface area contributed by atoms with Crippen LogP contribution in [0.2, 0.25) is 0 Å². The van der Waals surface area contributed by atoms with E-state index in [0.717, 1.165) is 5.37 Å². The van der Waals surface area contributed by atoms with E-state index >= 15 is 0 Å². The van der Waals surface area contributed by atoms with Crippen LogP contribution in [0.15, 0.2) is 12.7 Å². The molecule has 48 valence electrons. The third kappa shape index (κ3) is 5.68. The summed E-state index contributed by atoms with van der Waals surface area (Å²) >= 11 is 0. The predicted octanol–water partition coefficient (Wildman–Crippen LogP) is -0.00420. The molecule has 0 aromatic carbocycles. The lowest BCUT2D eigenvalue weighted by atomic mass is 10.5. The smallest absolute Gasteiger partial charge is 0.139 e. The molecule has 0 aromatic heterocycles. The first-order chi connectivity index (χ1) is 3.56. The minimum Gasteiger partial charge on any atom is -0.303 e. The molecular formula is C4H9NO2S. The van der Waals surface area contributed by atoms with Gasteiger partial charge in [0.15, 0.2) is 0 Å². The molecule has 0 aliphatic carbocycles. The second kappa shape index (κ2) is 2.86. The molecule has 3 nitrogen and oxygen atoms in total. The van der Waals surface area contributed by atoms with Gasteiger partial charge >= 0.3 is 0 Å². The Bertz CT molecular complexity index is 170. The van der Waals surface area contributed by atoms with Crippen LogP contribution in [0.4, 0.5) is 0 Å². The van der Waals surface area contributed by atoms with E-state index in [2.05, 4.69) is 6.58 Å². The van der Waals surface area contributed by atoms with Crippen molar-refractivity contribution in [2.45, 2.75) is 6.42 Å². The van der Waals surface area contributed by atoms with Crippen LogP contribution in [0.25, 0.3) is 0 Å². The Kier molecular flexibility index (Phi) is 2.75. The molecule has 0 aliphatic heterocycles. The molecule has 1 unspecified atom stereocenters. The van der Waals surface area contributed by atoms with Crippen molar-refractivity contribution >= 4 is 15.4 Å². The standard InChI is InChI=1S/C4H9NO2S/c1-2-3-4-8(5,6)7/h2,4H,1,3H2,(H3,5,6,7). The van der Waals surface area contributed by atoms with Gasteiger partial charge in [-0.1, -0.05) is 6.08 Å². The molecule has 0 fully saturated rings. The lowest BCUT2D eigenvalue weighted by Crippen LogP contribution is -2.12. The fraction of sp³-hybridized carbons (Fsp3) is 0.250. The normalized spacial score (nSPS) is 16.8. The Labute approximate surface area is 49.2 Å². The van der Waals surface area contributed by atoms with Gasteiger partial charge in [-0.25, -0.2) is 9.35 Å². The number of rotatable bonds is 2. The van der Waals surface area contributed by atoms with E-state index in [0.29, 0.717) is 6.42 Å². The summed E-state index contributed by atoms with van der Waals surface area (Å²) in [6, 6.07) is 0. The van der Waals surface area contributed by atoms with Gasteiger partial charge in [-0.05, 0) is 6.42 Å². The second-order valence-corrected chi connectivity index (χ2v) is 2.87. The Balaban J connectivity index is 3.97. The summed E-state index contributed by atoms with van der Waals surface area (Å²) in [5.74, 6) is 0. The van der Waals surface area contributed by atoms with Crippen LogP contribution >= 0.6 is 0 Å². The van der Waals surface area contributed by atoms with Gasteiger partial charge in [-0.3, -0.25) is 0 Å². The van der Waals surface area contributed by atoms with E-state index in [-0.39, 0.29) is 0 Å². The van der Waals surface area contributed by atoms with Crippen molar-refractivity contribution in [3.8, 4) is 0 Å². The van der Waals surface area contributed by atoms with E-state index in [9.17, 15) is 4.21 Å². The molecule has 0 aliphatic rings. The molecule has 0 radical (unpaired) electrons. The van der Waals surface area contributed by atoms with E-state index in [1.165, 1.54) is 6.08 Å². The van der Waals surface area contributed by atoms with Gasteiger partial charge in [-0.2, -0.15) is 0 Å². The van der Waals surface area contributed by atoms with Crippen LogP contribution in [0.1, 0.15) is 6.42 Å². The summed E-state index contributed by atoms with van der Waals surface area (Å²) in [6.45, 7) is 3.34. The van der Waals surface area contributed by atoms with E-state index in [4.69, 9.17) is 9.69 Å². The average Bonchev–Trinajstić information content (AvgIpc) is 1.59. The van der Waals surface area contributed by atoms with Crippen LogP contribution in [-0.4, -0.2) is 14.1 Å². The zero-order valence-corrected chi connectivity index (χ0v) is 5.23. The van der Waals surface area contributed by atoms with Gasteiger partial charge in [0.05, 0.1) is 0 Å². The number of nitrogens with two attached hydrogens (primary N) is 1. The van der Waals surface area contributed by atoms with Crippen molar-refractivity contribution in [2.75, 3.05) is 0 Å². The van der Waals surface area contributed by atoms with Crippen LogP contribution < -0.4 is 5.14 Å². The lowest BCUT2D eigenvalue weighted by Gasteiger charge is -1.88. The molecule has 0 amide bonds. The molecule has 0 heterocycles. The van der Waals surface area contributed by atoms with E-state index < -0.39 is 9.99 Å². The summed E-state index contributed by atoms with van der Waals surface area (Å²) in [7, 11) is -3.13. The van der Waals surface area contributed by atoms with Gasteiger partial charge in [0.1, 0.15) is 9.99 Å². The van der Waals surface area contributed by atoms with Gasteiger partial charge in [-0.15, -0.1) is 6.58 Å². The minimum atomic E-state index is -3.13. The highest BCUT2D eigenvalue weighted by Gasteiger charge is 1.83. The number of allylic oxidation sites excluding steroid dienone is 1. The molecule has 0 aromatic rings. The highest BCUT2D eigenvalue weighted by atomic mass is 32.2. The highest BCUT2D eigenvalue weighted by Crippen LogP contribution is 1.74. The minimum absolute atomic E-state index is 0.367. The Hall–Kier alpha value is -0.320. The first-order valence-corrected chi connectivity index (χ1v) is 3.69. The van der Waals surface area contributed by atoms with Crippen LogP contribution in [-0.2, 0) is 9.99 Å². The maximum absolute atomic E-state index is 10.2. The first-order valence-electron chi connectivity index (χ1n) is 2.05. The van der Waals surface area contributed by atoms with Gasteiger partial charge in [0.2, 0.25) is 0 Å². The predicted molar refractivity (Wildman–Crippen MR) is 35.8 cm³/mol. The van der Waals surface area contributed by atoms with Gasteiger partial charge in [0, 0.05) is 5.37 Å². The molecule has 8 heavy (non-hydrogen) atoms. The molecule has 0 spiro atoms. The molecule has 4 heteroatoms. The average molecular weight is 135 g/mol. The lowest BCUT2D eigenvalue weighted by molar-refractivity contribution is 0.561. The third-order valence-electron chi connectivity index (χ3n) is 0.502. The molecule has 0 rings (SSSR count). The van der Waals surface area contributed by atoms with Crippen LogP contribution in [0.5, 0.6) is 0 Å². The zero-order valence-electron chi connectivity index (χ0n) is 4.41. The Morgan fingerprint density at radius 3 is 2.50 bits per heavy atom. The van der Waals surface area contributed by atoms with Crippen molar-refractivity contribution in [2.24, 2.45) is 5.14 Å². The quantitative estimate of drug-likeness (QED) is 0.413. The summed E-state index contributed by atoms with van der Waals surface area (Å²) < 4.78 is 18.5. The number of hydrogen-bond acceptors (Lipinski definition) is 1. The van der Waals surface area contributed by atoms with E-state index in [1.54, 1.807) is 0 Å². The van der Waals surface area contributed by atoms with Crippen LogP contribution in [0.3, 0.4) is 0 Å². The van der Waals surface area contributed by atoms with Crippen molar-refractivity contribution in [3.63, 3.8) is 0 Å². The Morgan fingerprint density at radius 1 is 1.88 bits per heavy atom. The van der Waals surface area contributed by atoms with Gasteiger partial charge < -0.3 is 4.55 Å². The summed E-state index contributed by atoms with van der Waals surface area (Å²) in [4.78, 5) is 0. The molecule has 3 N–H and O–H groups in total. The molecule has 0 bridgehead atoms. The zero-order chi connectivity index (χ0) is 6.62. The van der Waals surface area contributed by atoms with Crippen LogP contribution in [0, 0.1) is 0 Å². The fourth-order valence-electron chi connectivity index (χ4n) is 0.206. The van der Waals surface area contributed by atoms with E-state index in [1.807, 2.05) is 0 Å².